The quantitative estimate of drug-likeness (QED) is 0.390. The van der Waals surface area contributed by atoms with Gasteiger partial charge in [-0.1, -0.05) is 115 Å². The number of ether oxygens (including phenoxy) is 1. The SMILES string of the molecule is OC(C1CN(Cc2ccccc2)CCO1)C(c1ccccc1)c1ccccc1-c1ccccc1. The van der Waals surface area contributed by atoms with Crippen molar-refractivity contribution in [2.75, 3.05) is 19.7 Å². The first-order valence-corrected chi connectivity index (χ1v) is 12.0. The number of aliphatic hydroxyl groups is 1. The lowest BCUT2D eigenvalue weighted by molar-refractivity contribution is -0.0943. The first kappa shape index (κ1) is 22.5. The van der Waals surface area contributed by atoms with Gasteiger partial charge in [-0.05, 0) is 27.8 Å². The summed E-state index contributed by atoms with van der Waals surface area (Å²) in [6, 6.07) is 39.7. The van der Waals surface area contributed by atoms with Gasteiger partial charge in [0.25, 0.3) is 0 Å². The van der Waals surface area contributed by atoms with E-state index in [0.717, 1.165) is 35.3 Å². The van der Waals surface area contributed by atoms with Gasteiger partial charge in [0.2, 0.25) is 0 Å². The Balaban J connectivity index is 1.47. The van der Waals surface area contributed by atoms with E-state index in [0.29, 0.717) is 13.2 Å². The minimum atomic E-state index is -0.675. The third kappa shape index (κ3) is 5.13. The molecule has 0 aliphatic carbocycles. The molecule has 3 unspecified atom stereocenters. The lowest BCUT2D eigenvalue weighted by Gasteiger charge is -2.38. The Morgan fingerprint density at radius 2 is 1.38 bits per heavy atom. The van der Waals surface area contributed by atoms with Crippen LogP contribution < -0.4 is 0 Å². The van der Waals surface area contributed by atoms with Gasteiger partial charge in [0.15, 0.2) is 0 Å². The molecule has 0 spiro atoms. The Bertz CT molecular complexity index is 1160. The predicted octanol–water partition coefficient (Wildman–Crippen LogP) is 5.75. The molecule has 1 N–H and O–H groups in total. The second kappa shape index (κ2) is 10.8. The molecule has 1 heterocycles. The number of benzene rings is 4. The van der Waals surface area contributed by atoms with Gasteiger partial charge >= 0.3 is 0 Å². The maximum Gasteiger partial charge on any atom is 0.0970 e. The number of aliphatic hydroxyl groups excluding tert-OH is 1. The first-order valence-electron chi connectivity index (χ1n) is 12.0. The molecule has 1 aliphatic rings. The highest BCUT2D eigenvalue weighted by molar-refractivity contribution is 5.69. The van der Waals surface area contributed by atoms with Gasteiger partial charge < -0.3 is 9.84 Å². The van der Waals surface area contributed by atoms with E-state index in [2.05, 4.69) is 89.8 Å². The summed E-state index contributed by atoms with van der Waals surface area (Å²) in [5.74, 6) is -0.195. The molecule has 1 saturated heterocycles. The number of hydrogen-bond donors (Lipinski definition) is 1. The van der Waals surface area contributed by atoms with Gasteiger partial charge in [0.1, 0.15) is 0 Å². The molecule has 0 saturated carbocycles. The van der Waals surface area contributed by atoms with Crippen molar-refractivity contribution in [2.45, 2.75) is 24.7 Å². The average molecular weight is 450 g/mol. The second-order valence-electron chi connectivity index (χ2n) is 8.96. The molecule has 3 nitrogen and oxygen atoms in total. The zero-order chi connectivity index (χ0) is 23.2. The van der Waals surface area contributed by atoms with E-state index in [1.54, 1.807) is 0 Å². The summed E-state index contributed by atoms with van der Waals surface area (Å²) in [4.78, 5) is 2.39. The van der Waals surface area contributed by atoms with Gasteiger partial charge in [-0.15, -0.1) is 0 Å². The number of nitrogens with zero attached hydrogens (tertiary/aromatic N) is 1. The van der Waals surface area contributed by atoms with Gasteiger partial charge in [-0.25, -0.2) is 0 Å². The lowest BCUT2D eigenvalue weighted by Crippen LogP contribution is -2.49. The molecule has 34 heavy (non-hydrogen) atoms. The van der Waals surface area contributed by atoms with Crippen LogP contribution in [0.25, 0.3) is 11.1 Å². The van der Waals surface area contributed by atoms with Crippen LogP contribution in [0.5, 0.6) is 0 Å². The molecule has 3 atom stereocenters. The Morgan fingerprint density at radius 1 is 0.765 bits per heavy atom. The highest BCUT2D eigenvalue weighted by atomic mass is 16.5. The van der Waals surface area contributed by atoms with Crippen LogP contribution >= 0.6 is 0 Å². The Kier molecular flexibility index (Phi) is 7.16. The van der Waals surface area contributed by atoms with Crippen LogP contribution in [0.1, 0.15) is 22.6 Å². The van der Waals surface area contributed by atoms with Gasteiger partial charge in [0.05, 0.1) is 18.8 Å². The van der Waals surface area contributed by atoms with E-state index < -0.39 is 6.10 Å². The molecule has 4 aromatic carbocycles. The molecule has 4 aromatic rings. The smallest absolute Gasteiger partial charge is 0.0970 e. The minimum Gasteiger partial charge on any atom is -0.389 e. The minimum absolute atomic E-state index is 0.195. The maximum absolute atomic E-state index is 11.8. The molecule has 0 radical (unpaired) electrons. The number of rotatable bonds is 7. The Hall–Kier alpha value is -3.24. The van der Waals surface area contributed by atoms with Crippen molar-refractivity contribution in [3.05, 3.63) is 132 Å². The molecular formula is C31H31NO2. The zero-order valence-corrected chi connectivity index (χ0v) is 19.3. The third-order valence-electron chi connectivity index (χ3n) is 6.69. The normalized spacial score (nSPS) is 18.3. The van der Waals surface area contributed by atoms with Crippen LogP contribution in [-0.2, 0) is 11.3 Å². The van der Waals surface area contributed by atoms with Crippen molar-refractivity contribution in [3.8, 4) is 11.1 Å². The van der Waals surface area contributed by atoms with Crippen LogP contribution in [0.2, 0.25) is 0 Å². The fourth-order valence-electron chi connectivity index (χ4n) is 5.01. The zero-order valence-electron chi connectivity index (χ0n) is 19.3. The van der Waals surface area contributed by atoms with Crippen molar-refractivity contribution in [3.63, 3.8) is 0 Å². The molecule has 1 fully saturated rings. The van der Waals surface area contributed by atoms with Gasteiger partial charge in [0, 0.05) is 25.6 Å². The Labute approximate surface area is 202 Å². The molecule has 0 bridgehead atoms. The third-order valence-corrected chi connectivity index (χ3v) is 6.69. The summed E-state index contributed by atoms with van der Waals surface area (Å²) >= 11 is 0. The van der Waals surface area contributed by atoms with Crippen molar-refractivity contribution >= 4 is 0 Å². The standard InChI is InChI=1S/C31H31NO2/c33-31(29-23-32(20-21-34-29)22-24-12-4-1-5-13-24)30(26-16-8-3-9-17-26)28-19-11-10-18-27(28)25-14-6-2-7-15-25/h1-19,29-31,33H,20-23H2. The predicted molar refractivity (Wildman–Crippen MR) is 138 cm³/mol. The monoisotopic (exact) mass is 449 g/mol. The van der Waals surface area contributed by atoms with Crippen LogP contribution in [0.4, 0.5) is 0 Å². The molecule has 0 amide bonds. The second-order valence-corrected chi connectivity index (χ2v) is 8.96. The van der Waals surface area contributed by atoms with Crippen molar-refractivity contribution in [1.82, 2.24) is 4.90 Å². The summed E-state index contributed by atoms with van der Waals surface area (Å²) in [5, 5.41) is 11.8. The number of hydrogen-bond acceptors (Lipinski definition) is 3. The molecule has 5 rings (SSSR count). The molecule has 1 aliphatic heterocycles. The number of morpholine rings is 1. The van der Waals surface area contributed by atoms with Crippen LogP contribution in [-0.4, -0.2) is 41.9 Å². The lowest BCUT2D eigenvalue weighted by atomic mass is 9.80. The van der Waals surface area contributed by atoms with E-state index in [1.807, 2.05) is 30.3 Å². The van der Waals surface area contributed by atoms with Crippen LogP contribution in [0.15, 0.2) is 115 Å². The Morgan fingerprint density at radius 3 is 2.12 bits per heavy atom. The van der Waals surface area contributed by atoms with Gasteiger partial charge in [-0.3, -0.25) is 4.90 Å². The van der Waals surface area contributed by atoms with Gasteiger partial charge in [-0.2, -0.15) is 0 Å². The maximum atomic E-state index is 11.8. The first-order chi connectivity index (χ1) is 16.8. The van der Waals surface area contributed by atoms with E-state index in [9.17, 15) is 5.11 Å². The fourth-order valence-corrected chi connectivity index (χ4v) is 5.01. The van der Waals surface area contributed by atoms with Crippen LogP contribution in [0.3, 0.4) is 0 Å². The molecule has 0 aromatic heterocycles. The van der Waals surface area contributed by atoms with Crippen molar-refractivity contribution in [1.29, 1.82) is 0 Å². The summed E-state index contributed by atoms with van der Waals surface area (Å²) in [6.45, 7) is 3.06. The molecular weight excluding hydrogens is 418 g/mol. The van der Waals surface area contributed by atoms with Crippen LogP contribution in [0, 0.1) is 0 Å². The summed E-state index contributed by atoms with van der Waals surface area (Å²) in [5.41, 5.74) is 5.81. The van der Waals surface area contributed by atoms with E-state index in [4.69, 9.17) is 4.74 Å². The highest BCUT2D eigenvalue weighted by Crippen LogP contribution is 2.37. The topological polar surface area (TPSA) is 32.7 Å². The summed E-state index contributed by atoms with van der Waals surface area (Å²) in [7, 11) is 0. The van der Waals surface area contributed by atoms with Crippen molar-refractivity contribution < 1.29 is 9.84 Å². The summed E-state index contributed by atoms with van der Waals surface area (Å²) < 4.78 is 6.19. The van der Waals surface area contributed by atoms with Crippen molar-refractivity contribution in [2.24, 2.45) is 0 Å². The summed E-state index contributed by atoms with van der Waals surface area (Å²) in [6.07, 6.45) is -0.947. The van der Waals surface area contributed by atoms with E-state index in [-0.39, 0.29) is 12.0 Å². The largest absolute Gasteiger partial charge is 0.389 e. The molecule has 172 valence electrons. The average Bonchev–Trinajstić information content (AvgIpc) is 2.91. The highest BCUT2D eigenvalue weighted by Gasteiger charge is 2.35. The van der Waals surface area contributed by atoms with E-state index >= 15 is 0 Å². The fraction of sp³-hybridized carbons (Fsp3) is 0.226. The molecule has 3 heteroatoms. The van der Waals surface area contributed by atoms with E-state index in [1.165, 1.54) is 5.56 Å².